The number of hydrogen-bond donors (Lipinski definition) is 1. The smallest absolute Gasteiger partial charge is 0.283 e. The fraction of sp³-hybridized carbons (Fsp3) is 0.208. The van der Waals surface area contributed by atoms with Gasteiger partial charge in [0.05, 0.1) is 18.4 Å². The summed E-state index contributed by atoms with van der Waals surface area (Å²) in [5.41, 5.74) is 2.75. The fourth-order valence-electron chi connectivity index (χ4n) is 2.87. The van der Waals surface area contributed by atoms with E-state index in [4.69, 9.17) is 13.6 Å². The average molecular weight is 419 g/mol. The molecule has 7 nitrogen and oxygen atoms in total. The van der Waals surface area contributed by atoms with Crippen molar-refractivity contribution in [3.05, 3.63) is 72.0 Å². The van der Waals surface area contributed by atoms with E-state index in [-0.39, 0.29) is 5.91 Å². The van der Waals surface area contributed by atoms with Crippen LogP contribution in [0.4, 0.5) is 5.69 Å². The van der Waals surface area contributed by atoms with Crippen molar-refractivity contribution in [3.63, 3.8) is 0 Å². The summed E-state index contributed by atoms with van der Waals surface area (Å²) in [6, 6.07) is 16.2. The minimum atomic E-state index is -0.254. The van der Waals surface area contributed by atoms with E-state index in [1.165, 1.54) is 6.26 Å². The fourth-order valence-corrected chi connectivity index (χ4v) is 2.87. The van der Waals surface area contributed by atoms with Gasteiger partial charge in [0.1, 0.15) is 5.75 Å². The average Bonchev–Trinajstić information content (AvgIpc) is 3.49. The van der Waals surface area contributed by atoms with Crippen LogP contribution in [-0.2, 0) is 0 Å². The van der Waals surface area contributed by atoms with Crippen molar-refractivity contribution in [2.75, 3.05) is 11.9 Å². The van der Waals surface area contributed by atoms with Crippen molar-refractivity contribution < 1.29 is 18.4 Å². The lowest BCUT2D eigenvalue weighted by Crippen LogP contribution is -2.14. The number of ether oxygens (including phenoxy) is 1. The summed E-state index contributed by atoms with van der Waals surface area (Å²) in [4.78, 5) is 12.8. The van der Waals surface area contributed by atoms with Gasteiger partial charge in [0.25, 0.3) is 11.8 Å². The van der Waals surface area contributed by atoms with Crippen molar-refractivity contribution in [2.24, 2.45) is 0 Å². The molecule has 4 aromatic rings. The van der Waals surface area contributed by atoms with E-state index in [2.05, 4.69) is 15.5 Å². The van der Waals surface area contributed by atoms with Crippen LogP contribution in [0.2, 0.25) is 0 Å². The molecule has 31 heavy (non-hydrogen) atoms. The number of nitrogens with zero attached hydrogens (tertiary/aromatic N) is 2. The number of rotatable bonds is 6. The van der Waals surface area contributed by atoms with E-state index in [1.807, 2.05) is 39.8 Å². The third-order valence-electron chi connectivity index (χ3n) is 4.20. The van der Waals surface area contributed by atoms with E-state index in [1.54, 1.807) is 42.5 Å². The summed E-state index contributed by atoms with van der Waals surface area (Å²) in [6.45, 7) is 8.29. The highest BCUT2D eigenvalue weighted by atomic mass is 16.5. The lowest BCUT2D eigenvalue weighted by atomic mass is 10.1. The molecule has 0 bridgehead atoms. The predicted molar refractivity (Wildman–Crippen MR) is 119 cm³/mol. The van der Waals surface area contributed by atoms with Gasteiger partial charge in [0.15, 0.2) is 5.76 Å². The second-order valence-corrected chi connectivity index (χ2v) is 6.36. The molecule has 0 unspecified atom stereocenters. The van der Waals surface area contributed by atoms with Crippen LogP contribution in [0.3, 0.4) is 0 Å². The van der Waals surface area contributed by atoms with Crippen LogP contribution in [0.5, 0.6) is 5.75 Å². The van der Waals surface area contributed by atoms with Crippen molar-refractivity contribution in [3.8, 4) is 28.9 Å². The number of aromatic nitrogens is 2. The molecule has 2 heterocycles. The first-order valence-electron chi connectivity index (χ1n) is 10.2. The standard InChI is InChI=1S/C22H19N3O4.C2H6/c1-3-27-18-10-9-14(2)12-17(18)20(26)23-16-7-4-6-15(13-16)21-24-25-22(29-21)19-8-5-11-28-19;1-2/h4-13H,3H2,1-2H3,(H,23,26);1-2H3. The maximum absolute atomic E-state index is 12.8. The lowest BCUT2D eigenvalue weighted by molar-refractivity contribution is 0.102. The number of amides is 1. The highest BCUT2D eigenvalue weighted by Crippen LogP contribution is 2.27. The van der Waals surface area contributed by atoms with Crippen molar-refractivity contribution in [2.45, 2.75) is 27.7 Å². The molecule has 1 N–H and O–H groups in total. The zero-order valence-electron chi connectivity index (χ0n) is 18.0. The van der Waals surface area contributed by atoms with Crippen LogP contribution in [0.1, 0.15) is 36.7 Å². The largest absolute Gasteiger partial charge is 0.493 e. The van der Waals surface area contributed by atoms with Gasteiger partial charge in [0.2, 0.25) is 5.89 Å². The molecule has 0 aliphatic rings. The van der Waals surface area contributed by atoms with Gasteiger partial charge in [-0.1, -0.05) is 31.5 Å². The molecule has 1 amide bonds. The Morgan fingerprint density at radius 1 is 1.03 bits per heavy atom. The third kappa shape index (κ3) is 5.19. The van der Waals surface area contributed by atoms with Crippen LogP contribution in [0, 0.1) is 6.92 Å². The maximum Gasteiger partial charge on any atom is 0.283 e. The predicted octanol–water partition coefficient (Wildman–Crippen LogP) is 5.98. The Morgan fingerprint density at radius 2 is 1.84 bits per heavy atom. The minimum absolute atomic E-state index is 0.254. The molecule has 7 heteroatoms. The maximum atomic E-state index is 12.8. The van der Waals surface area contributed by atoms with E-state index >= 15 is 0 Å². The van der Waals surface area contributed by atoms with Crippen molar-refractivity contribution >= 4 is 11.6 Å². The summed E-state index contributed by atoms with van der Waals surface area (Å²) in [5, 5.41) is 11.0. The molecule has 0 fully saturated rings. The molecule has 0 aliphatic heterocycles. The molecule has 0 aliphatic carbocycles. The van der Waals surface area contributed by atoms with E-state index in [9.17, 15) is 4.79 Å². The lowest BCUT2D eigenvalue weighted by Gasteiger charge is -2.12. The topological polar surface area (TPSA) is 90.4 Å². The number of aryl methyl sites for hydroxylation is 1. The van der Waals surface area contributed by atoms with Gasteiger partial charge in [-0.15, -0.1) is 10.2 Å². The Balaban J connectivity index is 0.00000132. The Labute approximate surface area is 181 Å². The Hall–Kier alpha value is -3.87. The SMILES string of the molecule is CC.CCOc1ccc(C)cc1C(=O)Nc1cccc(-c2nnc(-c3ccco3)o2)c1. The summed E-state index contributed by atoms with van der Waals surface area (Å²) >= 11 is 0. The first-order chi connectivity index (χ1) is 15.1. The number of benzene rings is 2. The monoisotopic (exact) mass is 419 g/mol. The van der Waals surface area contributed by atoms with E-state index in [0.717, 1.165) is 5.56 Å². The van der Waals surface area contributed by atoms with Gasteiger partial charge in [-0.3, -0.25) is 4.79 Å². The number of furan rings is 1. The Kier molecular flexibility index (Phi) is 7.22. The van der Waals surface area contributed by atoms with Crippen LogP contribution in [0.25, 0.3) is 23.1 Å². The molecular formula is C24H25N3O4. The first-order valence-corrected chi connectivity index (χ1v) is 10.2. The highest BCUT2D eigenvalue weighted by molar-refractivity contribution is 6.06. The molecule has 0 radical (unpaired) electrons. The van der Waals surface area contributed by atoms with Crippen LogP contribution < -0.4 is 10.1 Å². The van der Waals surface area contributed by atoms with E-state index < -0.39 is 0 Å². The third-order valence-corrected chi connectivity index (χ3v) is 4.20. The van der Waals surface area contributed by atoms with Gasteiger partial charge in [-0.2, -0.15) is 0 Å². The molecule has 2 aromatic heterocycles. The van der Waals surface area contributed by atoms with E-state index in [0.29, 0.717) is 46.7 Å². The van der Waals surface area contributed by atoms with Gasteiger partial charge in [-0.25, -0.2) is 0 Å². The molecule has 0 spiro atoms. The first kappa shape index (κ1) is 21.8. The van der Waals surface area contributed by atoms with Crippen LogP contribution >= 0.6 is 0 Å². The molecule has 0 saturated carbocycles. The zero-order valence-corrected chi connectivity index (χ0v) is 18.0. The summed E-state index contributed by atoms with van der Waals surface area (Å²) in [5.74, 6) is 1.41. The second kappa shape index (κ2) is 10.2. The normalized spacial score (nSPS) is 10.2. The summed E-state index contributed by atoms with van der Waals surface area (Å²) in [6.07, 6.45) is 1.54. The minimum Gasteiger partial charge on any atom is -0.493 e. The van der Waals surface area contributed by atoms with Gasteiger partial charge >= 0.3 is 0 Å². The Morgan fingerprint density at radius 3 is 2.58 bits per heavy atom. The molecular weight excluding hydrogens is 394 g/mol. The van der Waals surface area contributed by atoms with Crippen molar-refractivity contribution in [1.29, 1.82) is 0 Å². The quantitative estimate of drug-likeness (QED) is 0.413. The summed E-state index contributed by atoms with van der Waals surface area (Å²) < 4.78 is 16.5. The number of nitrogens with one attached hydrogen (secondary N) is 1. The number of carbonyl (C=O) groups is 1. The van der Waals surface area contributed by atoms with Crippen molar-refractivity contribution in [1.82, 2.24) is 10.2 Å². The molecule has 4 rings (SSSR count). The number of carbonyl (C=O) groups excluding carboxylic acids is 1. The molecule has 0 atom stereocenters. The van der Waals surface area contributed by atoms with Crippen LogP contribution in [-0.4, -0.2) is 22.7 Å². The highest BCUT2D eigenvalue weighted by Gasteiger charge is 2.15. The molecule has 2 aromatic carbocycles. The zero-order chi connectivity index (χ0) is 22.2. The second-order valence-electron chi connectivity index (χ2n) is 6.36. The number of anilines is 1. The molecule has 160 valence electrons. The van der Waals surface area contributed by atoms with Gasteiger partial charge < -0.3 is 18.9 Å². The van der Waals surface area contributed by atoms with Gasteiger partial charge in [-0.05, 0) is 56.3 Å². The van der Waals surface area contributed by atoms with Crippen LogP contribution in [0.15, 0.2) is 69.7 Å². The Bertz CT molecular complexity index is 1130. The molecule has 0 saturated heterocycles. The number of hydrogen-bond acceptors (Lipinski definition) is 6. The summed E-state index contributed by atoms with van der Waals surface area (Å²) in [7, 11) is 0. The van der Waals surface area contributed by atoms with Gasteiger partial charge in [0, 0.05) is 11.3 Å².